The first kappa shape index (κ1) is 13.9. The minimum absolute atomic E-state index is 0.237. The van der Waals surface area contributed by atoms with Crippen LogP contribution in [0.3, 0.4) is 0 Å². The molecule has 2 rings (SSSR count). The van der Waals surface area contributed by atoms with Crippen molar-refractivity contribution in [3.05, 3.63) is 24.5 Å². The van der Waals surface area contributed by atoms with Gasteiger partial charge in [0.15, 0.2) is 0 Å². The van der Waals surface area contributed by atoms with Gasteiger partial charge in [-0.2, -0.15) is 9.57 Å². The highest BCUT2D eigenvalue weighted by molar-refractivity contribution is 7.89. The first-order chi connectivity index (χ1) is 9.14. The van der Waals surface area contributed by atoms with Crippen LogP contribution >= 0.6 is 0 Å². The molecule has 102 valence electrons. The molecule has 0 spiro atoms. The SMILES string of the molecule is N#CCCN1CCN(S(=O)(=O)c2cccnc2)CC1. The zero-order chi connectivity index (χ0) is 13.7. The third-order valence-electron chi connectivity index (χ3n) is 3.14. The summed E-state index contributed by atoms with van der Waals surface area (Å²) in [7, 11) is -3.43. The Kier molecular flexibility index (Phi) is 4.47. The standard InChI is InChI=1S/C12H16N4O2S/c13-4-2-6-15-7-9-16(10-8-15)19(17,18)12-3-1-5-14-11-12/h1,3,5,11H,2,6-10H2. The fourth-order valence-electron chi connectivity index (χ4n) is 2.05. The Hall–Kier alpha value is -1.49. The van der Waals surface area contributed by atoms with Gasteiger partial charge in [0.05, 0.1) is 6.07 Å². The first-order valence-corrected chi connectivity index (χ1v) is 7.58. The van der Waals surface area contributed by atoms with Crippen LogP contribution in [-0.4, -0.2) is 55.3 Å². The Morgan fingerprint density at radius 2 is 2.05 bits per heavy atom. The molecule has 0 aliphatic carbocycles. The molecule has 1 aliphatic heterocycles. The van der Waals surface area contributed by atoms with Gasteiger partial charge in [0.1, 0.15) is 4.90 Å². The summed E-state index contributed by atoms with van der Waals surface area (Å²) in [6, 6.07) is 5.28. The number of piperazine rings is 1. The van der Waals surface area contributed by atoms with E-state index < -0.39 is 10.0 Å². The first-order valence-electron chi connectivity index (χ1n) is 6.14. The number of hydrogen-bond acceptors (Lipinski definition) is 5. The maximum atomic E-state index is 12.3. The van der Waals surface area contributed by atoms with Crippen LogP contribution in [0.5, 0.6) is 0 Å². The quantitative estimate of drug-likeness (QED) is 0.793. The number of rotatable bonds is 4. The number of aromatic nitrogens is 1. The zero-order valence-corrected chi connectivity index (χ0v) is 11.4. The molecule has 1 aromatic rings. The number of sulfonamides is 1. The van der Waals surface area contributed by atoms with E-state index in [2.05, 4.69) is 16.0 Å². The highest BCUT2D eigenvalue weighted by atomic mass is 32.2. The van der Waals surface area contributed by atoms with Crippen molar-refractivity contribution in [3.8, 4) is 6.07 Å². The van der Waals surface area contributed by atoms with E-state index in [0.29, 0.717) is 39.1 Å². The van der Waals surface area contributed by atoms with E-state index in [1.54, 1.807) is 18.3 Å². The second-order valence-corrected chi connectivity index (χ2v) is 6.28. The summed E-state index contributed by atoms with van der Waals surface area (Å²) in [6.07, 6.45) is 3.41. The van der Waals surface area contributed by atoms with Crippen LogP contribution in [0.25, 0.3) is 0 Å². The highest BCUT2D eigenvalue weighted by Gasteiger charge is 2.28. The van der Waals surface area contributed by atoms with E-state index in [9.17, 15) is 8.42 Å². The Morgan fingerprint density at radius 1 is 1.32 bits per heavy atom. The van der Waals surface area contributed by atoms with Crippen molar-refractivity contribution in [2.24, 2.45) is 0 Å². The number of nitrogens with zero attached hydrogens (tertiary/aromatic N) is 4. The van der Waals surface area contributed by atoms with Crippen molar-refractivity contribution in [1.82, 2.24) is 14.2 Å². The van der Waals surface area contributed by atoms with Gasteiger partial charge in [0.25, 0.3) is 0 Å². The molecule has 0 bridgehead atoms. The molecule has 0 N–H and O–H groups in total. The Morgan fingerprint density at radius 3 is 2.63 bits per heavy atom. The summed E-state index contributed by atoms with van der Waals surface area (Å²) in [5.74, 6) is 0. The summed E-state index contributed by atoms with van der Waals surface area (Å²) in [5, 5.41) is 8.54. The van der Waals surface area contributed by atoms with Crippen molar-refractivity contribution >= 4 is 10.0 Å². The topological polar surface area (TPSA) is 77.3 Å². The molecule has 1 aromatic heterocycles. The van der Waals surface area contributed by atoms with Gasteiger partial charge in [-0.1, -0.05) is 0 Å². The Bertz CT molecular complexity index is 545. The molecule has 1 saturated heterocycles. The van der Waals surface area contributed by atoms with Crippen molar-refractivity contribution in [3.63, 3.8) is 0 Å². The van der Waals surface area contributed by atoms with Gasteiger partial charge in [-0.25, -0.2) is 8.42 Å². The van der Waals surface area contributed by atoms with Gasteiger partial charge >= 0.3 is 0 Å². The number of pyridine rings is 1. The summed E-state index contributed by atoms with van der Waals surface area (Å²) >= 11 is 0. The zero-order valence-electron chi connectivity index (χ0n) is 10.6. The van der Waals surface area contributed by atoms with Gasteiger partial charge < -0.3 is 0 Å². The number of hydrogen-bond donors (Lipinski definition) is 0. The fraction of sp³-hybridized carbons (Fsp3) is 0.500. The van der Waals surface area contributed by atoms with Crippen molar-refractivity contribution in [2.75, 3.05) is 32.7 Å². The molecule has 2 heterocycles. The monoisotopic (exact) mass is 280 g/mol. The van der Waals surface area contributed by atoms with Crippen LogP contribution in [0.4, 0.5) is 0 Å². The lowest BCUT2D eigenvalue weighted by Gasteiger charge is -2.33. The maximum Gasteiger partial charge on any atom is 0.244 e. The Balaban J connectivity index is 2.00. The molecule has 0 radical (unpaired) electrons. The van der Waals surface area contributed by atoms with E-state index in [1.807, 2.05) is 0 Å². The molecular formula is C12H16N4O2S. The number of nitriles is 1. The molecule has 19 heavy (non-hydrogen) atoms. The molecular weight excluding hydrogens is 264 g/mol. The van der Waals surface area contributed by atoms with Gasteiger partial charge in [0.2, 0.25) is 10.0 Å². The molecule has 0 amide bonds. The van der Waals surface area contributed by atoms with Crippen LogP contribution in [0, 0.1) is 11.3 Å². The molecule has 6 nitrogen and oxygen atoms in total. The molecule has 0 atom stereocenters. The lowest BCUT2D eigenvalue weighted by atomic mass is 10.3. The predicted octanol–water partition coefficient (Wildman–Crippen LogP) is 0.302. The molecule has 1 aliphatic rings. The van der Waals surface area contributed by atoms with E-state index >= 15 is 0 Å². The van der Waals surface area contributed by atoms with Crippen LogP contribution < -0.4 is 0 Å². The van der Waals surface area contributed by atoms with Crippen molar-refractivity contribution in [1.29, 1.82) is 5.26 Å². The summed E-state index contributed by atoms with van der Waals surface area (Å²) in [6.45, 7) is 2.96. The van der Waals surface area contributed by atoms with Crippen LogP contribution in [-0.2, 0) is 10.0 Å². The van der Waals surface area contributed by atoms with Gasteiger partial charge in [-0.3, -0.25) is 9.88 Å². The molecule has 0 unspecified atom stereocenters. The lowest BCUT2D eigenvalue weighted by Crippen LogP contribution is -2.48. The van der Waals surface area contributed by atoms with Crippen LogP contribution in [0.1, 0.15) is 6.42 Å². The Labute approximate surface area is 113 Å². The summed E-state index contributed by atoms with van der Waals surface area (Å²) < 4.78 is 26.1. The molecule has 1 fully saturated rings. The maximum absolute atomic E-state index is 12.3. The second-order valence-electron chi connectivity index (χ2n) is 4.34. The van der Waals surface area contributed by atoms with Gasteiger partial charge in [-0.05, 0) is 12.1 Å². The van der Waals surface area contributed by atoms with Crippen LogP contribution in [0.2, 0.25) is 0 Å². The van der Waals surface area contributed by atoms with Crippen molar-refractivity contribution < 1.29 is 8.42 Å². The van der Waals surface area contributed by atoms with E-state index in [0.717, 1.165) is 0 Å². The highest BCUT2D eigenvalue weighted by Crippen LogP contribution is 2.16. The normalized spacial score (nSPS) is 18.1. The van der Waals surface area contributed by atoms with Crippen molar-refractivity contribution in [2.45, 2.75) is 11.3 Å². The largest absolute Gasteiger partial charge is 0.300 e. The van der Waals surface area contributed by atoms with E-state index in [-0.39, 0.29) is 4.90 Å². The summed E-state index contributed by atoms with van der Waals surface area (Å²) in [4.78, 5) is 6.20. The molecule has 7 heteroatoms. The third kappa shape index (κ3) is 3.29. The average Bonchev–Trinajstić information content (AvgIpc) is 2.46. The average molecular weight is 280 g/mol. The minimum Gasteiger partial charge on any atom is -0.300 e. The smallest absolute Gasteiger partial charge is 0.244 e. The second kappa shape index (κ2) is 6.10. The minimum atomic E-state index is -3.43. The third-order valence-corrected chi connectivity index (χ3v) is 5.03. The van der Waals surface area contributed by atoms with E-state index in [4.69, 9.17) is 5.26 Å². The van der Waals surface area contributed by atoms with Gasteiger partial charge in [0, 0.05) is 51.5 Å². The van der Waals surface area contributed by atoms with Crippen LogP contribution in [0.15, 0.2) is 29.4 Å². The predicted molar refractivity (Wildman–Crippen MR) is 69.7 cm³/mol. The molecule has 0 aromatic carbocycles. The molecule has 0 saturated carbocycles. The van der Waals surface area contributed by atoms with E-state index in [1.165, 1.54) is 10.5 Å². The fourth-order valence-corrected chi connectivity index (χ4v) is 3.44. The lowest BCUT2D eigenvalue weighted by molar-refractivity contribution is 0.191. The summed E-state index contributed by atoms with van der Waals surface area (Å²) in [5.41, 5.74) is 0. The van der Waals surface area contributed by atoms with Gasteiger partial charge in [-0.15, -0.1) is 0 Å².